The number of nitrogens with zero attached hydrogens (tertiary/aromatic N) is 2. The molecule has 1 heterocycles. The highest BCUT2D eigenvalue weighted by molar-refractivity contribution is 6.30. The van der Waals surface area contributed by atoms with Crippen LogP contribution < -0.4 is 0 Å². The molecule has 0 amide bonds. The summed E-state index contributed by atoms with van der Waals surface area (Å²) in [6.45, 7) is 0. The van der Waals surface area contributed by atoms with Crippen LogP contribution in [-0.4, -0.2) is 4.98 Å². The minimum Gasteiger partial charge on any atom is -0.243 e. The first-order valence-electron chi connectivity index (χ1n) is 4.28. The molecule has 0 radical (unpaired) electrons. The summed E-state index contributed by atoms with van der Waals surface area (Å²) in [6, 6.07) is 2.07. The first-order chi connectivity index (χ1) is 6.22. The maximum Gasteiger partial charge on any atom is 0.132 e. The molecule has 1 aromatic rings. The van der Waals surface area contributed by atoms with Gasteiger partial charge in [0.15, 0.2) is 0 Å². The van der Waals surface area contributed by atoms with Crippen LogP contribution in [-0.2, 0) is 12.8 Å². The van der Waals surface area contributed by atoms with Crippen LogP contribution in [0.5, 0.6) is 0 Å². The molecule has 2 rings (SSSR count). The van der Waals surface area contributed by atoms with E-state index in [1.807, 2.05) is 0 Å². The van der Waals surface area contributed by atoms with Crippen molar-refractivity contribution in [2.75, 3.05) is 0 Å². The third kappa shape index (κ3) is 0.981. The van der Waals surface area contributed by atoms with Gasteiger partial charge < -0.3 is 0 Å². The molecule has 1 aliphatic carbocycles. The fraction of sp³-hybridized carbons (Fsp3) is 0.333. The van der Waals surface area contributed by atoms with E-state index >= 15 is 0 Å². The Morgan fingerprint density at radius 1 is 1.58 bits per heavy atom. The Morgan fingerprint density at radius 3 is 3.08 bits per heavy atom. The third-order valence-electron chi connectivity index (χ3n) is 2.06. The summed E-state index contributed by atoms with van der Waals surface area (Å²) >= 11 is 5.86. The Labute approximate surface area is 77.2 Å². The van der Waals surface area contributed by atoms with E-state index in [2.05, 4.69) is 11.1 Å². The predicted octanol–water partition coefficient (Wildman–Crippen LogP) is 2.10. The van der Waals surface area contributed by atoms with Gasteiger partial charge in [-0.05, 0) is 30.4 Å². The summed E-state index contributed by atoms with van der Waals surface area (Å²) in [5.74, 6) is 0. The molecular weight excluding hydrogens is 172 g/mol. The van der Waals surface area contributed by atoms with E-state index in [1.54, 1.807) is 0 Å². The fourth-order valence-corrected chi connectivity index (χ4v) is 1.70. The van der Waals surface area contributed by atoms with Crippen molar-refractivity contribution >= 4 is 11.6 Å². The Morgan fingerprint density at radius 2 is 2.33 bits per heavy atom. The molecule has 0 aliphatic heterocycles. The first kappa shape index (κ1) is 6.45. The van der Waals surface area contributed by atoms with Crippen molar-refractivity contribution < 1.29 is 1.37 Å². The first-order valence-corrected chi connectivity index (χ1v) is 4.08. The highest BCUT2D eigenvalue weighted by atomic mass is 35.5. The van der Waals surface area contributed by atoms with Crippen LogP contribution in [0.4, 0.5) is 0 Å². The summed E-state index contributed by atoms with van der Waals surface area (Å²) in [5, 5.41) is 9.23. The zero-order valence-electron chi connectivity index (χ0n) is 7.34. The highest BCUT2D eigenvalue weighted by Crippen LogP contribution is 2.29. The summed E-state index contributed by atoms with van der Waals surface area (Å²) < 4.78 is 7.59. The number of rotatable bonds is 0. The Kier molecular flexibility index (Phi) is 1.48. The monoisotopic (exact) mass is 179 g/mol. The van der Waals surface area contributed by atoms with Crippen LogP contribution >= 0.6 is 11.6 Å². The number of aromatic nitrogens is 1. The highest BCUT2D eigenvalue weighted by Gasteiger charge is 2.18. The minimum absolute atomic E-state index is 0.163. The van der Waals surface area contributed by atoms with Crippen molar-refractivity contribution in [3.8, 4) is 6.07 Å². The van der Waals surface area contributed by atoms with E-state index in [0.29, 0.717) is 23.6 Å². The third-order valence-corrected chi connectivity index (χ3v) is 2.39. The topological polar surface area (TPSA) is 36.7 Å². The normalized spacial score (nSPS) is 21.3. The van der Waals surface area contributed by atoms with Gasteiger partial charge in [-0.15, -0.1) is 0 Å². The van der Waals surface area contributed by atoms with Crippen LogP contribution in [0.25, 0.3) is 0 Å². The summed E-state index contributed by atoms with van der Waals surface area (Å²) in [4.78, 5) is 3.92. The van der Waals surface area contributed by atoms with Crippen LogP contribution in [0.1, 0.15) is 24.5 Å². The quantitative estimate of drug-likeness (QED) is 0.572. The molecule has 0 saturated heterocycles. The van der Waals surface area contributed by atoms with Crippen LogP contribution in [0, 0.1) is 11.3 Å². The van der Waals surface area contributed by atoms with Crippen LogP contribution in [0.3, 0.4) is 0 Å². The molecule has 3 heteroatoms. The number of hydrogen-bond donors (Lipinski definition) is 0. The van der Waals surface area contributed by atoms with Gasteiger partial charge in [-0.25, -0.2) is 4.98 Å². The van der Waals surface area contributed by atoms with Crippen molar-refractivity contribution in [1.82, 2.24) is 4.98 Å². The lowest BCUT2D eigenvalue weighted by atomic mass is 10.1. The van der Waals surface area contributed by atoms with Crippen molar-refractivity contribution in [3.63, 3.8) is 0 Å². The zero-order valence-corrected chi connectivity index (χ0v) is 7.10. The lowest BCUT2D eigenvalue weighted by molar-refractivity contribution is 0.910. The number of nitriles is 1. The Balaban J connectivity index is 2.60. The van der Waals surface area contributed by atoms with Gasteiger partial charge in [-0.3, -0.25) is 0 Å². The predicted molar refractivity (Wildman–Crippen MR) is 46.0 cm³/mol. The molecule has 0 N–H and O–H groups in total. The molecule has 1 unspecified atom stereocenters. The average Bonchev–Trinajstić information content (AvgIpc) is 2.48. The maximum atomic E-state index is 8.78. The Hall–Kier alpha value is -1.07. The molecular formula is C9H7ClN2. The number of halogens is 1. The van der Waals surface area contributed by atoms with E-state index in [0.717, 1.165) is 11.1 Å². The number of pyridine rings is 1. The molecule has 0 fully saturated rings. The van der Waals surface area contributed by atoms with Gasteiger partial charge in [0.1, 0.15) is 11.2 Å². The van der Waals surface area contributed by atoms with Crippen molar-refractivity contribution in [2.45, 2.75) is 19.2 Å². The van der Waals surface area contributed by atoms with Gasteiger partial charge >= 0.3 is 0 Å². The van der Waals surface area contributed by atoms with Crippen molar-refractivity contribution in [3.05, 3.63) is 28.0 Å². The average molecular weight is 180 g/mol. The molecule has 1 atom stereocenters. The van der Waals surface area contributed by atoms with Crippen LogP contribution in [0.15, 0.2) is 6.20 Å². The number of fused-ring (bicyclic) bond motifs is 1. The van der Waals surface area contributed by atoms with E-state index < -0.39 is 0 Å². The van der Waals surface area contributed by atoms with E-state index in [9.17, 15) is 0 Å². The maximum absolute atomic E-state index is 8.78. The molecule has 12 heavy (non-hydrogen) atoms. The molecule has 2 nitrogen and oxygen atoms in total. The van der Waals surface area contributed by atoms with Gasteiger partial charge in [-0.1, -0.05) is 11.6 Å². The summed E-state index contributed by atoms with van der Waals surface area (Å²) in [5.41, 5.74) is 2.37. The molecule has 1 aliphatic rings. The van der Waals surface area contributed by atoms with Crippen molar-refractivity contribution in [2.24, 2.45) is 0 Å². The molecule has 0 aromatic carbocycles. The van der Waals surface area contributed by atoms with E-state index in [-0.39, 0.29) is 6.40 Å². The molecule has 0 spiro atoms. The van der Waals surface area contributed by atoms with Gasteiger partial charge in [0.05, 0.1) is 5.56 Å². The Bertz CT molecular complexity index is 397. The molecule has 1 aromatic heterocycles. The van der Waals surface area contributed by atoms with Gasteiger partial charge in [-0.2, -0.15) is 5.26 Å². The molecule has 0 bridgehead atoms. The lowest BCUT2D eigenvalue weighted by Crippen LogP contribution is -1.92. The van der Waals surface area contributed by atoms with Crippen molar-refractivity contribution in [1.29, 1.82) is 5.26 Å². The van der Waals surface area contributed by atoms with E-state index in [4.69, 9.17) is 18.2 Å². The summed E-state index contributed by atoms with van der Waals surface area (Å²) in [6.07, 6.45) is 2.57. The minimum atomic E-state index is -0.163. The molecule has 60 valence electrons. The fourth-order valence-electron chi connectivity index (χ4n) is 1.46. The van der Waals surface area contributed by atoms with Gasteiger partial charge in [0, 0.05) is 7.57 Å². The van der Waals surface area contributed by atoms with Crippen LogP contribution in [0.2, 0.25) is 5.15 Å². The summed E-state index contributed by atoms with van der Waals surface area (Å²) in [7, 11) is 0. The second kappa shape index (κ2) is 2.76. The van der Waals surface area contributed by atoms with Gasteiger partial charge in [0.2, 0.25) is 0 Å². The smallest absolute Gasteiger partial charge is 0.132 e. The zero-order chi connectivity index (χ0) is 9.42. The molecule has 0 saturated carbocycles. The SMILES string of the molecule is [2H]C1Cc2c(C#N)cnc(Cl)c2C1. The van der Waals surface area contributed by atoms with Gasteiger partial charge in [0.25, 0.3) is 0 Å². The standard InChI is InChI=1S/C9H7ClN2/c10-9-8-3-1-2-7(8)6(4-11)5-12-9/h5H,1-3H2/i1D. The largest absolute Gasteiger partial charge is 0.243 e. The van der Waals surface area contributed by atoms with E-state index in [1.165, 1.54) is 6.20 Å². The second-order valence-electron chi connectivity index (χ2n) is 2.73. The lowest BCUT2D eigenvalue weighted by Gasteiger charge is -2.01. The second-order valence-corrected chi connectivity index (χ2v) is 3.09. The number of hydrogen-bond acceptors (Lipinski definition) is 2.